The molecule has 1 atom stereocenters. The lowest BCUT2D eigenvalue weighted by Crippen LogP contribution is -2.32. The molecule has 0 saturated carbocycles. The van der Waals surface area contributed by atoms with Crippen molar-refractivity contribution in [2.75, 3.05) is 6.54 Å². The van der Waals surface area contributed by atoms with Gasteiger partial charge in [-0.1, -0.05) is 20.8 Å². The molecular formula is C20H29N5O6S. The van der Waals surface area contributed by atoms with Crippen LogP contribution in [-0.4, -0.2) is 41.6 Å². The minimum atomic E-state index is -4.12. The third kappa shape index (κ3) is 5.82. The van der Waals surface area contributed by atoms with Crippen molar-refractivity contribution in [3.63, 3.8) is 0 Å². The molecule has 1 heterocycles. The Hall–Kier alpha value is -2.99. The Morgan fingerprint density at radius 2 is 1.97 bits per heavy atom. The number of sulfonamides is 1. The largest absolute Gasteiger partial charge is 0.438 e. The fourth-order valence-electron chi connectivity index (χ4n) is 2.77. The number of hydrogen-bond donors (Lipinski definition) is 2. The van der Waals surface area contributed by atoms with Crippen molar-refractivity contribution in [2.45, 2.75) is 52.0 Å². The molecule has 2 aromatic rings. The summed E-state index contributed by atoms with van der Waals surface area (Å²) in [4.78, 5) is 22.6. The fourth-order valence-corrected chi connectivity index (χ4v) is 4.25. The van der Waals surface area contributed by atoms with E-state index in [-0.39, 0.29) is 40.1 Å². The molecule has 176 valence electrons. The monoisotopic (exact) mass is 467 g/mol. The molecule has 0 unspecified atom stereocenters. The van der Waals surface area contributed by atoms with Gasteiger partial charge in [0.05, 0.1) is 4.92 Å². The molecule has 2 rings (SSSR count). The van der Waals surface area contributed by atoms with E-state index in [1.807, 2.05) is 20.8 Å². The number of aryl methyl sites for hydroxylation is 1. The smallest absolute Gasteiger partial charge is 0.272 e. The van der Waals surface area contributed by atoms with Crippen molar-refractivity contribution in [2.24, 2.45) is 13.0 Å². The second kappa shape index (κ2) is 10.1. The number of aromatic nitrogens is 2. The second-order valence-corrected chi connectivity index (χ2v) is 9.61. The summed E-state index contributed by atoms with van der Waals surface area (Å²) in [6.07, 6.45) is 0.528. The highest BCUT2D eigenvalue weighted by molar-refractivity contribution is 7.89. The van der Waals surface area contributed by atoms with Gasteiger partial charge in [-0.05, 0) is 32.3 Å². The molecule has 11 nitrogen and oxygen atoms in total. The van der Waals surface area contributed by atoms with E-state index in [0.29, 0.717) is 18.5 Å². The standard InChI is InChI=1S/C20H29N5O6S/c1-7-13(4)23-32(29,30)17-10-15(25(27)28)8-9-16(17)31-20-14(5)18(22-24(20)6)19(26)21-11-12(2)3/h8-10,12-13,23H,7,11H2,1-6H3,(H,21,26)/t13-/m0/s1. The molecule has 0 fully saturated rings. The average Bonchev–Trinajstić information content (AvgIpc) is 2.99. The van der Waals surface area contributed by atoms with Crippen LogP contribution in [0, 0.1) is 23.0 Å². The summed E-state index contributed by atoms with van der Waals surface area (Å²) in [5, 5.41) is 18.2. The number of hydrogen-bond acceptors (Lipinski definition) is 7. The molecule has 12 heteroatoms. The maximum atomic E-state index is 12.9. The lowest BCUT2D eigenvalue weighted by atomic mass is 10.2. The number of benzene rings is 1. The predicted octanol–water partition coefficient (Wildman–Crippen LogP) is 2.89. The van der Waals surface area contributed by atoms with Crippen molar-refractivity contribution in [3.05, 3.63) is 39.6 Å². The molecule has 0 bridgehead atoms. The van der Waals surface area contributed by atoms with Crippen LogP contribution in [0.4, 0.5) is 5.69 Å². The van der Waals surface area contributed by atoms with E-state index in [1.165, 1.54) is 10.7 Å². The zero-order chi connectivity index (χ0) is 24.2. The lowest BCUT2D eigenvalue weighted by molar-refractivity contribution is -0.385. The van der Waals surface area contributed by atoms with Crippen LogP contribution in [-0.2, 0) is 17.1 Å². The molecule has 0 aliphatic heterocycles. The van der Waals surface area contributed by atoms with Gasteiger partial charge in [-0.2, -0.15) is 5.10 Å². The van der Waals surface area contributed by atoms with Gasteiger partial charge in [0.2, 0.25) is 15.9 Å². The van der Waals surface area contributed by atoms with Crippen molar-refractivity contribution in [1.82, 2.24) is 19.8 Å². The van der Waals surface area contributed by atoms with Gasteiger partial charge in [-0.15, -0.1) is 0 Å². The highest BCUT2D eigenvalue weighted by atomic mass is 32.2. The number of nitrogens with one attached hydrogen (secondary N) is 2. The summed E-state index contributed by atoms with van der Waals surface area (Å²) in [6, 6.07) is 2.93. The van der Waals surface area contributed by atoms with Gasteiger partial charge in [-0.3, -0.25) is 14.9 Å². The number of nitro groups is 1. The molecule has 1 aromatic carbocycles. The van der Waals surface area contributed by atoms with E-state index in [1.54, 1.807) is 20.9 Å². The number of carbonyl (C=O) groups is 1. The predicted molar refractivity (Wildman–Crippen MR) is 118 cm³/mol. The molecule has 2 N–H and O–H groups in total. The van der Waals surface area contributed by atoms with E-state index in [4.69, 9.17) is 4.74 Å². The normalized spacial score (nSPS) is 12.6. The molecule has 0 saturated heterocycles. The number of ether oxygens (including phenoxy) is 1. The van der Waals surface area contributed by atoms with Crippen molar-refractivity contribution >= 4 is 21.6 Å². The first-order valence-electron chi connectivity index (χ1n) is 10.2. The van der Waals surface area contributed by atoms with Crippen LogP contribution in [0.3, 0.4) is 0 Å². The molecule has 1 amide bonds. The van der Waals surface area contributed by atoms with Gasteiger partial charge in [0.1, 0.15) is 10.6 Å². The highest BCUT2D eigenvalue weighted by Gasteiger charge is 2.27. The van der Waals surface area contributed by atoms with E-state index in [0.717, 1.165) is 12.1 Å². The van der Waals surface area contributed by atoms with Gasteiger partial charge in [0.15, 0.2) is 5.69 Å². The van der Waals surface area contributed by atoms with Crippen LogP contribution in [0.25, 0.3) is 0 Å². The third-order valence-corrected chi connectivity index (χ3v) is 6.32. The van der Waals surface area contributed by atoms with Gasteiger partial charge >= 0.3 is 0 Å². The quantitative estimate of drug-likeness (QED) is 0.403. The number of amides is 1. The van der Waals surface area contributed by atoms with E-state index in [2.05, 4.69) is 15.1 Å². The first kappa shape index (κ1) is 25.3. The highest BCUT2D eigenvalue weighted by Crippen LogP contribution is 2.34. The molecule has 0 aliphatic rings. The molecule has 0 radical (unpaired) electrons. The Morgan fingerprint density at radius 3 is 2.53 bits per heavy atom. The molecule has 0 spiro atoms. The third-order valence-electron chi connectivity index (χ3n) is 4.71. The zero-order valence-corrected chi connectivity index (χ0v) is 19.8. The topological polar surface area (TPSA) is 145 Å². The zero-order valence-electron chi connectivity index (χ0n) is 19.0. The van der Waals surface area contributed by atoms with Crippen LogP contribution in [0.15, 0.2) is 23.1 Å². The van der Waals surface area contributed by atoms with E-state index in [9.17, 15) is 23.3 Å². The number of non-ortho nitro benzene ring substituents is 1. The van der Waals surface area contributed by atoms with Crippen molar-refractivity contribution in [3.8, 4) is 11.6 Å². The summed E-state index contributed by atoms with van der Waals surface area (Å²) >= 11 is 0. The maximum absolute atomic E-state index is 12.9. The Kier molecular flexibility index (Phi) is 7.97. The van der Waals surface area contributed by atoms with Gasteiger partial charge < -0.3 is 10.1 Å². The average molecular weight is 468 g/mol. The Labute approximate surface area is 187 Å². The fraction of sp³-hybridized carbons (Fsp3) is 0.500. The van der Waals surface area contributed by atoms with Crippen LogP contribution in [0.5, 0.6) is 11.6 Å². The Bertz CT molecular complexity index is 1110. The SMILES string of the molecule is CC[C@H](C)NS(=O)(=O)c1cc([N+](=O)[O-])ccc1Oc1c(C)c(C(=O)NCC(C)C)nn1C. The first-order chi connectivity index (χ1) is 14.9. The van der Waals surface area contributed by atoms with Crippen molar-refractivity contribution < 1.29 is 22.9 Å². The summed E-state index contributed by atoms with van der Waals surface area (Å²) in [7, 11) is -2.57. The van der Waals surface area contributed by atoms with Gasteiger partial charge in [-0.25, -0.2) is 17.8 Å². The lowest BCUT2D eigenvalue weighted by Gasteiger charge is -2.15. The number of carbonyl (C=O) groups excluding carboxylic acids is 1. The number of rotatable bonds is 10. The van der Waals surface area contributed by atoms with Crippen LogP contribution < -0.4 is 14.8 Å². The maximum Gasteiger partial charge on any atom is 0.272 e. The van der Waals surface area contributed by atoms with Crippen LogP contribution in [0.1, 0.15) is 50.2 Å². The Balaban J connectivity index is 2.49. The van der Waals surface area contributed by atoms with Crippen LogP contribution in [0.2, 0.25) is 0 Å². The van der Waals surface area contributed by atoms with E-state index >= 15 is 0 Å². The molecule has 32 heavy (non-hydrogen) atoms. The van der Waals surface area contributed by atoms with Gasteiger partial charge in [0, 0.05) is 37.3 Å². The minimum absolute atomic E-state index is 0.119. The first-order valence-corrected chi connectivity index (χ1v) is 11.7. The second-order valence-electron chi connectivity index (χ2n) is 7.93. The van der Waals surface area contributed by atoms with Gasteiger partial charge in [0.25, 0.3) is 11.6 Å². The molecule has 0 aliphatic carbocycles. The summed E-state index contributed by atoms with van der Waals surface area (Å²) in [5.41, 5.74) is 0.162. The van der Waals surface area contributed by atoms with Crippen molar-refractivity contribution in [1.29, 1.82) is 0 Å². The summed E-state index contributed by atoms with van der Waals surface area (Å²) < 4.78 is 35.5. The summed E-state index contributed by atoms with van der Waals surface area (Å²) in [6.45, 7) is 9.51. The van der Waals surface area contributed by atoms with Crippen LogP contribution >= 0.6 is 0 Å². The Morgan fingerprint density at radius 1 is 1.31 bits per heavy atom. The molecule has 1 aromatic heterocycles. The number of nitro benzene ring substituents is 1. The summed E-state index contributed by atoms with van der Waals surface area (Å²) in [5.74, 6) is -0.0959. The molecular weight excluding hydrogens is 438 g/mol. The van der Waals surface area contributed by atoms with E-state index < -0.39 is 20.6 Å². The number of nitrogens with zero attached hydrogens (tertiary/aromatic N) is 3. The minimum Gasteiger partial charge on any atom is -0.438 e.